The number of H-pyrrole nitrogens is 1. The van der Waals surface area contributed by atoms with Gasteiger partial charge >= 0.3 is 0 Å². The SMILES string of the molecule is Cc1ccc(Sc2c(/C=C3\C(=O)NC(=S)N(c4ccc(Oc5ccccc5)cc4)C3=O)c(-c3ccccc3)[nH][n+]2C)cc1. The largest absolute Gasteiger partial charge is 0.457 e. The number of carbonyl (C=O) groups excluding carboxylic acids is 2. The molecule has 1 aliphatic heterocycles. The van der Waals surface area contributed by atoms with Crippen LogP contribution in [-0.4, -0.2) is 22.0 Å². The molecule has 1 fully saturated rings. The second-order valence-corrected chi connectivity index (χ2v) is 11.4. The van der Waals surface area contributed by atoms with Gasteiger partial charge in [0.25, 0.3) is 16.8 Å². The van der Waals surface area contributed by atoms with Crippen molar-refractivity contribution in [2.45, 2.75) is 16.8 Å². The lowest BCUT2D eigenvalue weighted by Gasteiger charge is -2.29. The number of aromatic nitrogens is 2. The van der Waals surface area contributed by atoms with Crippen LogP contribution < -0.4 is 19.6 Å². The van der Waals surface area contributed by atoms with E-state index in [0.29, 0.717) is 17.2 Å². The number of thiocarbonyl (C=S) groups is 1. The molecule has 212 valence electrons. The van der Waals surface area contributed by atoms with E-state index in [1.807, 2.05) is 79.3 Å². The number of aryl methyl sites for hydroxylation is 2. The molecular formula is C34H27N4O3S2+. The Hall–Kier alpha value is -4.99. The predicted molar refractivity (Wildman–Crippen MR) is 172 cm³/mol. The molecule has 4 aromatic carbocycles. The predicted octanol–water partition coefficient (Wildman–Crippen LogP) is 6.59. The summed E-state index contributed by atoms with van der Waals surface area (Å²) in [5.41, 5.74) is 4.07. The molecule has 1 aliphatic rings. The summed E-state index contributed by atoms with van der Waals surface area (Å²) in [6, 6.07) is 34.4. The summed E-state index contributed by atoms with van der Waals surface area (Å²) in [4.78, 5) is 29.6. The Morgan fingerprint density at radius 2 is 1.47 bits per heavy atom. The molecule has 0 unspecified atom stereocenters. The summed E-state index contributed by atoms with van der Waals surface area (Å²) in [6.07, 6.45) is 1.65. The van der Waals surface area contributed by atoms with Gasteiger partial charge in [0.2, 0.25) is 0 Å². The maximum Gasteiger partial charge on any atom is 0.277 e. The zero-order valence-corrected chi connectivity index (χ0v) is 25.0. The highest BCUT2D eigenvalue weighted by molar-refractivity contribution is 7.99. The molecule has 0 radical (unpaired) electrons. The number of anilines is 1. The molecule has 0 saturated carbocycles. The fraction of sp³-hybridized carbons (Fsp3) is 0.0588. The number of nitrogens with zero attached hydrogens (tertiary/aromatic N) is 2. The normalized spacial score (nSPS) is 14.2. The number of carbonyl (C=O) groups is 2. The van der Waals surface area contributed by atoms with Crippen molar-refractivity contribution < 1.29 is 19.0 Å². The molecule has 1 aromatic heterocycles. The van der Waals surface area contributed by atoms with Crippen LogP contribution >= 0.6 is 24.0 Å². The zero-order valence-electron chi connectivity index (χ0n) is 23.4. The van der Waals surface area contributed by atoms with Crippen LogP contribution in [0.2, 0.25) is 0 Å². The quantitative estimate of drug-likeness (QED) is 0.0950. The van der Waals surface area contributed by atoms with Crippen molar-refractivity contribution in [2.24, 2.45) is 7.05 Å². The third-order valence-corrected chi connectivity index (χ3v) is 8.33. The van der Waals surface area contributed by atoms with Crippen LogP contribution in [-0.2, 0) is 16.6 Å². The Kier molecular flexibility index (Phi) is 7.91. The van der Waals surface area contributed by atoms with E-state index in [0.717, 1.165) is 32.3 Å². The summed E-state index contributed by atoms with van der Waals surface area (Å²) in [7, 11) is 1.91. The van der Waals surface area contributed by atoms with Crippen molar-refractivity contribution in [1.82, 2.24) is 10.4 Å². The molecule has 2 amide bonds. The summed E-state index contributed by atoms with van der Waals surface area (Å²) < 4.78 is 7.79. The number of hydrogen-bond donors (Lipinski definition) is 2. The summed E-state index contributed by atoms with van der Waals surface area (Å²) in [5.74, 6) is 0.241. The minimum Gasteiger partial charge on any atom is -0.457 e. The van der Waals surface area contributed by atoms with Crippen LogP contribution in [0.25, 0.3) is 17.3 Å². The van der Waals surface area contributed by atoms with Crippen molar-refractivity contribution in [1.29, 1.82) is 0 Å². The number of para-hydroxylation sites is 1. The lowest BCUT2D eigenvalue weighted by Crippen LogP contribution is -2.54. The van der Waals surface area contributed by atoms with Gasteiger partial charge in [0.1, 0.15) is 22.8 Å². The molecule has 2 heterocycles. The summed E-state index contributed by atoms with van der Waals surface area (Å²) in [5, 5.41) is 6.97. The van der Waals surface area contributed by atoms with E-state index in [-0.39, 0.29) is 10.7 Å². The highest BCUT2D eigenvalue weighted by atomic mass is 32.2. The third-order valence-electron chi connectivity index (χ3n) is 6.85. The lowest BCUT2D eigenvalue weighted by molar-refractivity contribution is -0.760. The van der Waals surface area contributed by atoms with E-state index >= 15 is 0 Å². The second-order valence-electron chi connectivity index (χ2n) is 9.91. The minimum atomic E-state index is -0.551. The number of nitrogens with one attached hydrogen (secondary N) is 2. The van der Waals surface area contributed by atoms with Gasteiger partial charge in [-0.15, -0.1) is 4.68 Å². The summed E-state index contributed by atoms with van der Waals surface area (Å²) in [6.45, 7) is 2.04. The smallest absolute Gasteiger partial charge is 0.277 e. The van der Waals surface area contributed by atoms with Crippen LogP contribution in [0.1, 0.15) is 11.1 Å². The Bertz CT molecular complexity index is 1850. The molecular weight excluding hydrogens is 577 g/mol. The first kappa shape index (κ1) is 28.1. The van der Waals surface area contributed by atoms with E-state index in [1.165, 1.54) is 4.90 Å². The maximum atomic E-state index is 13.9. The molecule has 0 spiro atoms. The van der Waals surface area contributed by atoms with Crippen LogP contribution in [0.15, 0.2) is 125 Å². The third kappa shape index (κ3) is 5.99. The number of ether oxygens (including phenoxy) is 1. The number of amides is 2. The molecule has 6 rings (SSSR count). The van der Waals surface area contributed by atoms with Crippen LogP contribution in [0.3, 0.4) is 0 Å². The molecule has 1 saturated heterocycles. The van der Waals surface area contributed by atoms with Gasteiger partial charge < -0.3 is 4.74 Å². The standard InChI is InChI=1S/C34H26N4O3S2/c1-22-13-19-27(20-14-22)43-33-28(30(36-37(33)2)23-9-5-3-6-10-23)21-29-31(39)35-34(42)38(32(29)40)24-15-17-26(18-16-24)41-25-11-7-4-8-12-25/h3-21H,1-2H3,(H,35,39,42)/p+1/b29-21+. The molecule has 7 nitrogen and oxygen atoms in total. The van der Waals surface area contributed by atoms with Crippen LogP contribution in [0, 0.1) is 6.92 Å². The van der Waals surface area contributed by atoms with E-state index in [2.05, 4.69) is 34.7 Å². The Morgan fingerprint density at radius 3 is 2.14 bits per heavy atom. The second kappa shape index (κ2) is 12.1. The lowest BCUT2D eigenvalue weighted by atomic mass is 10.0. The average molecular weight is 604 g/mol. The first-order chi connectivity index (χ1) is 20.9. The van der Waals surface area contributed by atoms with Crippen molar-refractivity contribution >= 4 is 52.7 Å². The molecule has 2 N–H and O–H groups in total. The minimum absolute atomic E-state index is 0.0149. The molecule has 0 bridgehead atoms. The fourth-order valence-electron chi connectivity index (χ4n) is 4.69. The number of hydrogen-bond acceptors (Lipinski definition) is 5. The summed E-state index contributed by atoms with van der Waals surface area (Å²) >= 11 is 7.00. The van der Waals surface area contributed by atoms with E-state index in [9.17, 15) is 9.59 Å². The van der Waals surface area contributed by atoms with Crippen LogP contribution in [0.4, 0.5) is 5.69 Å². The number of rotatable bonds is 7. The number of aromatic amines is 1. The van der Waals surface area contributed by atoms with Crippen LogP contribution in [0.5, 0.6) is 11.5 Å². The Labute approximate surface area is 258 Å². The number of benzene rings is 4. The van der Waals surface area contributed by atoms with Crippen molar-refractivity contribution in [3.63, 3.8) is 0 Å². The van der Waals surface area contributed by atoms with Gasteiger partial charge in [-0.1, -0.05) is 66.2 Å². The highest BCUT2D eigenvalue weighted by Gasteiger charge is 2.36. The van der Waals surface area contributed by atoms with E-state index in [1.54, 1.807) is 42.1 Å². The highest BCUT2D eigenvalue weighted by Crippen LogP contribution is 2.35. The monoisotopic (exact) mass is 603 g/mol. The topological polar surface area (TPSA) is 78.3 Å². The Balaban J connectivity index is 1.38. The maximum absolute atomic E-state index is 13.9. The van der Waals surface area contributed by atoms with Gasteiger partial charge in [0, 0.05) is 10.5 Å². The zero-order chi connectivity index (χ0) is 29.9. The van der Waals surface area contributed by atoms with E-state index in [4.69, 9.17) is 17.0 Å². The van der Waals surface area contributed by atoms with Crippen molar-refractivity contribution in [3.8, 4) is 22.8 Å². The van der Waals surface area contributed by atoms with Crippen molar-refractivity contribution in [2.75, 3.05) is 4.90 Å². The van der Waals surface area contributed by atoms with Gasteiger partial charge in [-0.25, -0.2) is 0 Å². The first-order valence-corrected chi connectivity index (χ1v) is 14.8. The van der Waals surface area contributed by atoms with Gasteiger partial charge in [0.15, 0.2) is 12.2 Å². The van der Waals surface area contributed by atoms with Crippen molar-refractivity contribution in [3.05, 3.63) is 126 Å². The van der Waals surface area contributed by atoms with Gasteiger partial charge in [-0.2, -0.15) is 5.10 Å². The molecule has 0 atom stereocenters. The average Bonchev–Trinajstić information content (AvgIpc) is 3.32. The van der Waals surface area contributed by atoms with Gasteiger partial charge in [-0.3, -0.25) is 19.8 Å². The molecule has 9 heteroatoms. The first-order valence-electron chi connectivity index (χ1n) is 13.5. The fourth-order valence-corrected chi connectivity index (χ4v) is 5.92. The van der Waals surface area contributed by atoms with Gasteiger partial charge in [0.05, 0.1) is 11.3 Å². The molecule has 43 heavy (non-hydrogen) atoms. The molecule has 5 aromatic rings. The van der Waals surface area contributed by atoms with E-state index < -0.39 is 11.8 Å². The molecule has 0 aliphatic carbocycles. The Morgan fingerprint density at radius 1 is 0.837 bits per heavy atom. The van der Waals surface area contributed by atoms with Gasteiger partial charge in [-0.05, 0) is 85.5 Å².